The van der Waals surface area contributed by atoms with Gasteiger partial charge in [0.15, 0.2) is 0 Å². The van der Waals surface area contributed by atoms with Gasteiger partial charge in [0.2, 0.25) is 5.91 Å². The quantitative estimate of drug-likeness (QED) is 0.693. The maximum Gasteiger partial charge on any atom is 0.227 e. The molecule has 1 rings (SSSR count). The fraction of sp³-hybridized carbons (Fsp3) is 0.923. The van der Waals surface area contributed by atoms with Crippen LogP contribution in [0.2, 0.25) is 0 Å². The Morgan fingerprint density at radius 1 is 1.35 bits per heavy atom. The topological polar surface area (TPSA) is 61.4 Å². The van der Waals surface area contributed by atoms with Crippen LogP contribution in [0.25, 0.3) is 0 Å². The Balaban J connectivity index is 2.71. The standard InChI is InChI=1S/C13H26N2O2/c1-11(2,12(3,4)17)15-10(16)13(5)7-6-8-14-9-13/h14,17H,6-9H2,1-5H3,(H,15,16). The predicted octanol–water partition coefficient (Wildman–Crippen LogP) is 1.04. The van der Waals surface area contributed by atoms with Crippen molar-refractivity contribution in [1.29, 1.82) is 0 Å². The largest absolute Gasteiger partial charge is 0.388 e. The summed E-state index contributed by atoms with van der Waals surface area (Å²) in [5.74, 6) is 0.0248. The zero-order valence-electron chi connectivity index (χ0n) is 11.7. The van der Waals surface area contributed by atoms with Gasteiger partial charge in [0.25, 0.3) is 0 Å². The van der Waals surface area contributed by atoms with Crippen molar-refractivity contribution in [3.63, 3.8) is 0 Å². The van der Waals surface area contributed by atoms with Crippen molar-refractivity contribution >= 4 is 5.91 Å². The van der Waals surface area contributed by atoms with Gasteiger partial charge in [-0.2, -0.15) is 0 Å². The number of rotatable bonds is 3. The third kappa shape index (κ3) is 3.19. The highest BCUT2D eigenvalue weighted by Gasteiger charge is 2.42. The Morgan fingerprint density at radius 3 is 2.35 bits per heavy atom. The summed E-state index contributed by atoms with van der Waals surface area (Å²) >= 11 is 0. The van der Waals surface area contributed by atoms with E-state index in [9.17, 15) is 9.90 Å². The normalized spacial score (nSPS) is 26.7. The number of amides is 1. The molecule has 1 saturated heterocycles. The second kappa shape index (κ2) is 4.58. The van der Waals surface area contributed by atoms with Gasteiger partial charge in [-0.05, 0) is 54.0 Å². The van der Waals surface area contributed by atoms with Crippen LogP contribution in [-0.4, -0.2) is 35.2 Å². The molecule has 1 amide bonds. The van der Waals surface area contributed by atoms with Crippen molar-refractivity contribution in [2.45, 2.75) is 58.6 Å². The first-order valence-electron chi connectivity index (χ1n) is 6.34. The van der Waals surface area contributed by atoms with Crippen molar-refractivity contribution in [1.82, 2.24) is 10.6 Å². The van der Waals surface area contributed by atoms with E-state index in [2.05, 4.69) is 10.6 Å². The van der Waals surface area contributed by atoms with Crippen LogP contribution < -0.4 is 10.6 Å². The molecule has 0 bridgehead atoms. The highest BCUT2D eigenvalue weighted by molar-refractivity contribution is 5.83. The van der Waals surface area contributed by atoms with Crippen LogP contribution in [0.5, 0.6) is 0 Å². The maximum atomic E-state index is 12.3. The van der Waals surface area contributed by atoms with Crippen LogP contribution in [-0.2, 0) is 4.79 Å². The second-order valence-electron chi connectivity index (χ2n) is 6.48. The monoisotopic (exact) mass is 242 g/mol. The molecule has 1 atom stereocenters. The molecule has 1 aliphatic rings. The average Bonchev–Trinajstić information content (AvgIpc) is 2.16. The molecule has 1 unspecified atom stereocenters. The number of hydrogen-bond donors (Lipinski definition) is 3. The van der Waals surface area contributed by atoms with Gasteiger partial charge in [-0.15, -0.1) is 0 Å². The molecule has 4 nitrogen and oxygen atoms in total. The summed E-state index contributed by atoms with van der Waals surface area (Å²) in [5, 5.41) is 16.3. The minimum absolute atomic E-state index is 0.0248. The minimum atomic E-state index is -0.943. The predicted molar refractivity (Wildman–Crippen MR) is 68.7 cm³/mol. The molecule has 0 saturated carbocycles. The van der Waals surface area contributed by atoms with E-state index in [0.717, 1.165) is 19.4 Å². The van der Waals surface area contributed by atoms with Crippen LogP contribution in [0.15, 0.2) is 0 Å². The number of piperidine rings is 1. The summed E-state index contributed by atoms with van der Waals surface area (Å²) in [4.78, 5) is 12.3. The molecule has 0 aromatic heterocycles. The van der Waals surface area contributed by atoms with E-state index in [1.165, 1.54) is 0 Å². The maximum absolute atomic E-state index is 12.3. The Kier molecular flexibility index (Phi) is 3.89. The van der Waals surface area contributed by atoms with Crippen LogP contribution in [0, 0.1) is 5.41 Å². The molecule has 100 valence electrons. The van der Waals surface area contributed by atoms with Crippen LogP contribution in [0.3, 0.4) is 0 Å². The summed E-state index contributed by atoms with van der Waals surface area (Å²) in [6, 6.07) is 0. The van der Waals surface area contributed by atoms with Crippen LogP contribution >= 0.6 is 0 Å². The fourth-order valence-corrected chi connectivity index (χ4v) is 1.84. The van der Waals surface area contributed by atoms with Gasteiger partial charge >= 0.3 is 0 Å². The third-order valence-electron chi connectivity index (χ3n) is 4.10. The van der Waals surface area contributed by atoms with Gasteiger partial charge in [0.1, 0.15) is 0 Å². The first-order chi connectivity index (χ1) is 7.58. The van der Waals surface area contributed by atoms with Gasteiger partial charge in [-0.1, -0.05) is 0 Å². The molecule has 0 aromatic carbocycles. The average molecular weight is 242 g/mol. The van der Waals surface area contributed by atoms with Crippen molar-refractivity contribution in [2.24, 2.45) is 5.41 Å². The summed E-state index contributed by atoms with van der Waals surface area (Å²) in [7, 11) is 0. The summed E-state index contributed by atoms with van der Waals surface area (Å²) in [6.45, 7) is 10.8. The van der Waals surface area contributed by atoms with Gasteiger partial charge in [-0.3, -0.25) is 4.79 Å². The summed E-state index contributed by atoms with van der Waals surface area (Å²) in [5.41, 5.74) is -1.94. The molecule has 3 N–H and O–H groups in total. The van der Waals surface area contributed by atoms with Crippen molar-refractivity contribution in [2.75, 3.05) is 13.1 Å². The summed E-state index contributed by atoms with van der Waals surface area (Å²) < 4.78 is 0. The zero-order valence-corrected chi connectivity index (χ0v) is 11.7. The molecule has 17 heavy (non-hydrogen) atoms. The molecular weight excluding hydrogens is 216 g/mol. The van der Waals surface area contributed by atoms with E-state index in [0.29, 0.717) is 6.54 Å². The number of aliphatic hydroxyl groups is 1. The van der Waals surface area contributed by atoms with E-state index >= 15 is 0 Å². The molecule has 1 heterocycles. The lowest BCUT2D eigenvalue weighted by atomic mass is 9.79. The molecular formula is C13H26N2O2. The first-order valence-corrected chi connectivity index (χ1v) is 6.34. The van der Waals surface area contributed by atoms with Crippen molar-refractivity contribution in [3.8, 4) is 0 Å². The van der Waals surface area contributed by atoms with Crippen LogP contribution in [0.1, 0.15) is 47.5 Å². The van der Waals surface area contributed by atoms with E-state index in [-0.39, 0.29) is 11.3 Å². The molecule has 1 aliphatic heterocycles. The number of carbonyl (C=O) groups is 1. The highest BCUT2D eigenvalue weighted by Crippen LogP contribution is 2.28. The van der Waals surface area contributed by atoms with E-state index in [4.69, 9.17) is 0 Å². The SMILES string of the molecule is CC1(C(=O)NC(C)(C)C(C)(C)O)CCCNC1. The highest BCUT2D eigenvalue weighted by atomic mass is 16.3. The van der Waals surface area contributed by atoms with E-state index < -0.39 is 11.1 Å². The minimum Gasteiger partial charge on any atom is -0.388 e. The van der Waals surface area contributed by atoms with Crippen LogP contribution in [0.4, 0.5) is 0 Å². The Bertz CT molecular complexity index is 286. The fourth-order valence-electron chi connectivity index (χ4n) is 1.84. The van der Waals surface area contributed by atoms with Crippen molar-refractivity contribution < 1.29 is 9.90 Å². The lowest BCUT2D eigenvalue weighted by molar-refractivity contribution is -0.136. The lowest BCUT2D eigenvalue weighted by Gasteiger charge is -2.42. The Labute approximate surface area is 104 Å². The molecule has 0 radical (unpaired) electrons. The molecule has 0 aliphatic carbocycles. The Morgan fingerprint density at radius 2 is 1.94 bits per heavy atom. The van der Waals surface area contributed by atoms with Crippen molar-refractivity contribution in [3.05, 3.63) is 0 Å². The smallest absolute Gasteiger partial charge is 0.227 e. The van der Waals surface area contributed by atoms with Gasteiger partial charge in [-0.25, -0.2) is 0 Å². The van der Waals surface area contributed by atoms with Gasteiger partial charge in [0.05, 0.1) is 16.6 Å². The molecule has 0 aromatic rings. The van der Waals surface area contributed by atoms with E-state index in [1.54, 1.807) is 13.8 Å². The summed E-state index contributed by atoms with van der Waals surface area (Å²) in [6.07, 6.45) is 1.92. The zero-order chi connectivity index (χ0) is 13.3. The molecule has 4 heteroatoms. The Hall–Kier alpha value is -0.610. The lowest BCUT2D eigenvalue weighted by Crippen LogP contribution is -2.61. The number of carbonyl (C=O) groups excluding carboxylic acids is 1. The van der Waals surface area contributed by atoms with E-state index in [1.807, 2.05) is 20.8 Å². The van der Waals surface area contributed by atoms with Gasteiger partial charge in [0, 0.05) is 6.54 Å². The second-order valence-corrected chi connectivity index (χ2v) is 6.48. The van der Waals surface area contributed by atoms with Gasteiger partial charge < -0.3 is 15.7 Å². The third-order valence-corrected chi connectivity index (χ3v) is 4.10. The first kappa shape index (κ1) is 14.5. The number of nitrogens with one attached hydrogen (secondary N) is 2. The number of hydrogen-bond acceptors (Lipinski definition) is 3. The molecule has 1 fully saturated rings. The molecule has 0 spiro atoms.